The van der Waals surface area contributed by atoms with E-state index in [0.29, 0.717) is 5.92 Å². The zero-order valence-corrected chi connectivity index (χ0v) is 14.9. The number of aromatic nitrogens is 2. The normalized spacial score (nSPS) is 19.7. The Bertz CT molecular complexity index is 679. The average Bonchev–Trinajstić information content (AvgIpc) is 3.00. The van der Waals surface area contributed by atoms with Gasteiger partial charge in [0.2, 0.25) is 0 Å². The van der Waals surface area contributed by atoms with Gasteiger partial charge in [-0.05, 0) is 34.8 Å². The van der Waals surface area contributed by atoms with Crippen LogP contribution in [-0.2, 0) is 19.5 Å². The minimum Gasteiger partial charge on any atom is -0.467 e. The Balaban J connectivity index is 1.45. The highest BCUT2D eigenvalue weighted by Gasteiger charge is 2.23. The lowest BCUT2D eigenvalue weighted by molar-refractivity contribution is 0.223. The summed E-state index contributed by atoms with van der Waals surface area (Å²) in [6.07, 6.45) is 11.4. The van der Waals surface area contributed by atoms with E-state index in [4.69, 9.17) is 14.4 Å². The lowest BCUT2D eigenvalue weighted by atomic mass is 9.88. The van der Waals surface area contributed by atoms with Crippen molar-refractivity contribution in [2.75, 3.05) is 6.54 Å². The first kappa shape index (κ1) is 15.3. The SMILES string of the molecule is Brc1coc(CN2CCc3nc(C4CCCCC4)ncc3C2)c1. The first-order valence-corrected chi connectivity index (χ1v) is 9.37. The van der Waals surface area contributed by atoms with Crippen molar-refractivity contribution in [3.8, 4) is 0 Å². The summed E-state index contributed by atoms with van der Waals surface area (Å²) in [5, 5.41) is 0. The van der Waals surface area contributed by atoms with E-state index in [9.17, 15) is 0 Å². The lowest BCUT2D eigenvalue weighted by Gasteiger charge is -2.28. The van der Waals surface area contributed by atoms with Gasteiger partial charge in [0.05, 0.1) is 11.0 Å². The minimum atomic E-state index is 0.590. The largest absolute Gasteiger partial charge is 0.467 e. The first-order chi connectivity index (χ1) is 11.3. The van der Waals surface area contributed by atoms with Gasteiger partial charge in [-0.1, -0.05) is 19.3 Å². The van der Waals surface area contributed by atoms with E-state index in [1.54, 1.807) is 6.26 Å². The van der Waals surface area contributed by atoms with Crippen LogP contribution in [0.2, 0.25) is 0 Å². The molecule has 122 valence electrons. The molecule has 2 aromatic heterocycles. The highest BCUT2D eigenvalue weighted by molar-refractivity contribution is 9.10. The molecule has 4 rings (SSSR count). The fraction of sp³-hybridized carbons (Fsp3) is 0.556. The zero-order chi connectivity index (χ0) is 15.6. The summed E-state index contributed by atoms with van der Waals surface area (Å²) in [6.45, 7) is 2.79. The van der Waals surface area contributed by atoms with Crippen molar-refractivity contribution in [1.82, 2.24) is 14.9 Å². The second kappa shape index (κ2) is 6.73. The van der Waals surface area contributed by atoms with Crippen molar-refractivity contribution < 1.29 is 4.42 Å². The van der Waals surface area contributed by atoms with Crippen LogP contribution in [0.3, 0.4) is 0 Å². The van der Waals surface area contributed by atoms with Crippen molar-refractivity contribution in [3.05, 3.63) is 45.8 Å². The summed E-state index contributed by atoms with van der Waals surface area (Å²) >= 11 is 3.44. The summed E-state index contributed by atoms with van der Waals surface area (Å²) in [4.78, 5) is 12.0. The van der Waals surface area contributed by atoms with E-state index in [1.165, 1.54) is 43.4 Å². The Labute approximate surface area is 145 Å². The number of hydrogen-bond acceptors (Lipinski definition) is 4. The number of furan rings is 1. The Morgan fingerprint density at radius 1 is 1.26 bits per heavy atom. The molecule has 3 heterocycles. The van der Waals surface area contributed by atoms with E-state index in [0.717, 1.165) is 42.1 Å². The topological polar surface area (TPSA) is 42.2 Å². The van der Waals surface area contributed by atoms with Gasteiger partial charge in [-0.3, -0.25) is 4.90 Å². The van der Waals surface area contributed by atoms with Crippen molar-refractivity contribution >= 4 is 15.9 Å². The van der Waals surface area contributed by atoms with E-state index < -0.39 is 0 Å². The molecule has 1 aliphatic carbocycles. The molecule has 0 radical (unpaired) electrons. The molecule has 4 nitrogen and oxygen atoms in total. The molecule has 23 heavy (non-hydrogen) atoms. The van der Waals surface area contributed by atoms with Crippen molar-refractivity contribution in [1.29, 1.82) is 0 Å². The number of halogens is 1. The maximum Gasteiger partial charge on any atom is 0.131 e. The molecular formula is C18H22BrN3O. The molecule has 0 unspecified atom stereocenters. The first-order valence-electron chi connectivity index (χ1n) is 8.58. The van der Waals surface area contributed by atoms with Gasteiger partial charge in [-0.25, -0.2) is 9.97 Å². The van der Waals surface area contributed by atoms with Gasteiger partial charge in [0.25, 0.3) is 0 Å². The zero-order valence-electron chi connectivity index (χ0n) is 13.3. The third-order valence-corrected chi connectivity index (χ3v) is 5.42. The molecule has 0 atom stereocenters. The molecule has 2 aliphatic rings. The molecule has 0 aromatic carbocycles. The molecular weight excluding hydrogens is 354 g/mol. The molecule has 0 spiro atoms. The van der Waals surface area contributed by atoms with Gasteiger partial charge >= 0.3 is 0 Å². The molecule has 1 aliphatic heterocycles. The van der Waals surface area contributed by atoms with Gasteiger partial charge in [-0.2, -0.15) is 0 Å². The average molecular weight is 376 g/mol. The standard InChI is InChI=1S/C18H22BrN3O/c19-15-8-16(23-12-15)11-22-7-6-17-14(10-22)9-20-18(21-17)13-4-2-1-3-5-13/h8-9,12-13H,1-7,10-11H2. The molecule has 0 amide bonds. The third-order valence-electron chi connectivity index (χ3n) is 5.00. The highest BCUT2D eigenvalue weighted by Crippen LogP contribution is 2.31. The summed E-state index contributed by atoms with van der Waals surface area (Å²) in [5.41, 5.74) is 2.54. The quantitative estimate of drug-likeness (QED) is 0.795. The van der Waals surface area contributed by atoms with Crippen LogP contribution < -0.4 is 0 Å². The summed E-state index contributed by atoms with van der Waals surface area (Å²) in [6, 6.07) is 2.04. The fourth-order valence-corrected chi connectivity index (χ4v) is 4.09. The van der Waals surface area contributed by atoms with E-state index in [-0.39, 0.29) is 0 Å². The fourth-order valence-electron chi connectivity index (χ4n) is 3.74. The maximum absolute atomic E-state index is 5.53. The molecule has 1 fully saturated rings. The Kier molecular flexibility index (Phi) is 4.49. The maximum atomic E-state index is 5.53. The van der Waals surface area contributed by atoms with Gasteiger partial charge in [-0.15, -0.1) is 0 Å². The number of hydrogen-bond donors (Lipinski definition) is 0. The Hall–Kier alpha value is -1.20. The summed E-state index contributed by atoms with van der Waals surface area (Å²) in [7, 11) is 0. The monoisotopic (exact) mass is 375 g/mol. The third kappa shape index (κ3) is 3.50. The molecule has 0 saturated heterocycles. The molecule has 5 heteroatoms. The van der Waals surface area contributed by atoms with E-state index in [1.807, 2.05) is 6.07 Å². The molecule has 0 bridgehead atoms. The van der Waals surface area contributed by atoms with Gasteiger partial charge < -0.3 is 4.42 Å². The Morgan fingerprint density at radius 2 is 2.13 bits per heavy atom. The molecule has 1 saturated carbocycles. The molecule has 2 aromatic rings. The van der Waals surface area contributed by atoms with E-state index in [2.05, 4.69) is 27.0 Å². The lowest BCUT2D eigenvalue weighted by Crippen LogP contribution is -2.31. The van der Waals surface area contributed by atoms with E-state index >= 15 is 0 Å². The number of nitrogens with zero attached hydrogens (tertiary/aromatic N) is 3. The van der Waals surface area contributed by atoms with Crippen LogP contribution in [0.4, 0.5) is 0 Å². The van der Waals surface area contributed by atoms with Crippen molar-refractivity contribution in [2.45, 2.75) is 57.5 Å². The summed E-state index contributed by atoms with van der Waals surface area (Å²) in [5.74, 6) is 2.68. The van der Waals surface area contributed by atoms with Crippen LogP contribution in [0.15, 0.2) is 27.4 Å². The van der Waals surface area contributed by atoms with Crippen LogP contribution in [0, 0.1) is 0 Å². The van der Waals surface area contributed by atoms with Crippen LogP contribution in [0.5, 0.6) is 0 Å². The number of fused-ring (bicyclic) bond motifs is 1. The Morgan fingerprint density at radius 3 is 2.91 bits per heavy atom. The second-order valence-electron chi connectivity index (χ2n) is 6.73. The molecule has 0 N–H and O–H groups in total. The number of rotatable bonds is 3. The van der Waals surface area contributed by atoms with Gasteiger partial charge in [0, 0.05) is 42.9 Å². The van der Waals surface area contributed by atoms with Crippen LogP contribution >= 0.6 is 15.9 Å². The smallest absolute Gasteiger partial charge is 0.131 e. The predicted octanol–water partition coefficient (Wildman–Crippen LogP) is 4.44. The van der Waals surface area contributed by atoms with Crippen LogP contribution in [0.25, 0.3) is 0 Å². The predicted molar refractivity (Wildman–Crippen MR) is 92.1 cm³/mol. The van der Waals surface area contributed by atoms with Gasteiger partial charge in [0.15, 0.2) is 0 Å². The highest BCUT2D eigenvalue weighted by atomic mass is 79.9. The van der Waals surface area contributed by atoms with Crippen LogP contribution in [0.1, 0.15) is 60.9 Å². The summed E-state index contributed by atoms with van der Waals surface area (Å²) < 4.78 is 6.54. The minimum absolute atomic E-state index is 0.590. The van der Waals surface area contributed by atoms with Crippen molar-refractivity contribution in [3.63, 3.8) is 0 Å². The van der Waals surface area contributed by atoms with Crippen molar-refractivity contribution in [2.24, 2.45) is 0 Å². The second-order valence-corrected chi connectivity index (χ2v) is 7.64. The van der Waals surface area contributed by atoms with Crippen LogP contribution in [-0.4, -0.2) is 21.4 Å². The van der Waals surface area contributed by atoms with Gasteiger partial charge in [0.1, 0.15) is 17.8 Å².